The average Bonchev–Trinajstić information content (AvgIpc) is 4.02. The molecule has 1 atom stereocenters. The van der Waals surface area contributed by atoms with Gasteiger partial charge in [-0.05, 0) is 142 Å². The zero-order valence-corrected chi connectivity index (χ0v) is 41.3. The first-order chi connectivity index (χ1) is 33.6. The summed E-state index contributed by atoms with van der Waals surface area (Å²) in [6, 6.07) is 66.6. The van der Waals surface area contributed by atoms with Crippen molar-refractivity contribution in [1.82, 2.24) is 0 Å². The van der Waals surface area contributed by atoms with Gasteiger partial charge in [-0.25, -0.2) is 0 Å². The van der Waals surface area contributed by atoms with Crippen LogP contribution in [0.3, 0.4) is 0 Å². The van der Waals surface area contributed by atoms with E-state index in [1.165, 1.54) is 126 Å². The maximum absolute atomic E-state index is 6.90. The van der Waals surface area contributed by atoms with Gasteiger partial charge in [-0.2, -0.15) is 0 Å². The number of furan rings is 1. The Morgan fingerprint density at radius 2 is 1.19 bits per heavy atom. The minimum absolute atomic E-state index is 0.0312. The van der Waals surface area contributed by atoms with E-state index in [-0.39, 0.29) is 23.4 Å². The second-order valence-corrected chi connectivity index (χ2v) is 26.8. The van der Waals surface area contributed by atoms with E-state index < -0.39 is 8.07 Å². The maximum Gasteiger partial charge on any atom is 0.227 e. The molecular weight excluding hydrogens is 870 g/mol. The topological polar surface area (TPSA) is 16.4 Å². The van der Waals surface area contributed by atoms with Crippen LogP contribution >= 0.6 is 11.3 Å². The standard InChI is InChI=1S/C64H48BNOSSi/c1-36-31-44-45(64(4,5)30-29-63(44,2)3)33-47(36)66-48-34-51-43(37-17-6-11-23-50(37)67-51)32-46(48)65-61-41-21-10-15-27-56(41)69(54-25-13-8-18-38(54)39-19-9-14-26-55(39)69)57-28-16-22-42(59(57)61)60-58-40-20-7-12-24-52(40)68-53(58)35-49(66)62(60)65/h6-28,31-35,61H,29-30H2,1-5H3. The number of fused-ring (bicyclic) bond motifs is 21. The molecule has 0 amide bonds. The molecule has 4 aliphatic heterocycles. The number of thiophene rings is 1. The molecule has 9 aromatic carbocycles. The van der Waals surface area contributed by atoms with Crippen molar-refractivity contribution < 1.29 is 4.42 Å². The SMILES string of the molecule is Cc1cc2c(cc1N1c3cc4oc5ccccc5c4cc3B3c4c1cc1sc5ccccc5c1c4-c1cccc4c1C3c1ccccc1[Si]41c3ccccc3-c3ccccc31)C(C)(C)CCC2(C)C. The van der Waals surface area contributed by atoms with Gasteiger partial charge >= 0.3 is 0 Å². The zero-order chi connectivity index (χ0) is 45.9. The van der Waals surface area contributed by atoms with Crippen molar-refractivity contribution in [2.45, 2.75) is 64.1 Å². The van der Waals surface area contributed by atoms with E-state index in [2.05, 4.69) is 209 Å². The summed E-state index contributed by atoms with van der Waals surface area (Å²) >= 11 is 1.95. The fourth-order valence-corrected chi connectivity index (χ4v) is 21.6. The molecule has 1 unspecified atom stereocenters. The van der Waals surface area contributed by atoms with Crippen molar-refractivity contribution in [2.24, 2.45) is 0 Å². The molecule has 0 radical (unpaired) electrons. The summed E-state index contributed by atoms with van der Waals surface area (Å²) in [4.78, 5) is 2.69. The summed E-state index contributed by atoms with van der Waals surface area (Å²) in [5.74, 6) is 0.0833. The smallest absolute Gasteiger partial charge is 0.227 e. The average molecular weight is 918 g/mol. The zero-order valence-electron chi connectivity index (χ0n) is 39.5. The van der Waals surface area contributed by atoms with E-state index >= 15 is 0 Å². The summed E-state index contributed by atoms with van der Waals surface area (Å²) in [7, 11) is -2.82. The normalized spacial score (nSPS) is 18.0. The maximum atomic E-state index is 6.90. The van der Waals surface area contributed by atoms with E-state index in [1.807, 2.05) is 11.3 Å². The first-order valence-electron chi connectivity index (χ1n) is 24.9. The lowest BCUT2D eigenvalue weighted by atomic mass is 9.27. The molecule has 11 aromatic rings. The molecule has 0 bridgehead atoms. The van der Waals surface area contributed by atoms with Gasteiger partial charge in [0, 0.05) is 54.1 Å². The molecule has 0 fully saturated rings. The van der Waals surface area contributed by atoms with Crippen LogP contribution in [0.25, 0.3) is 64.4 Å². The summed E-state index contributed by atoms with van der Waals surface area (Å²) < 4.78 is 9.58. The largest absolute Gasteiger partial charge is 0.456 e. The summed E-state index contributed by atoms with van der Waals surface area (Å²) in [5, 5.41) is 11.3. The van der Waals surface area contributed by atoms with E-state index in [0.29, 0.717) is 0 Å². The Morgan fingerprint density at radius 3 is 1.97 bits per heavy atom. The summed E-state index contributed by atoms with van der Waals surface area (Å²) in [5.41, 5.74) is 21.6. The lowest BCUT2D eigenvalue weighted by Crippen LogP contribution is -2.77. The van der Waals surface area contributed by atoms with Crippen molar-refractivity contribution in [2.75, 3.05) is 4.90 Å². The van der Waals surface area contributed by atoms with Crippen molar-refractivity contribution in [3.63, 3.8) is 0 Å². The molecule has 0 saturated carbocycles. The highest BCUT2D eigenvalue weighted by Crippen LogP contribution is 2.55. The van der Waals surface area contributed by atoms with Crippen LogP contribution in [0.2, 0.25) is 0 Å². The molecule has 5 aliphatic rings. The first kappa shape index (κ1) is 39.0. The molecule has 0 saturated heterocycles. The van der Waals surface area contributed by atoms with Crippen molar-refractivity contribution in [1.29, 1.82) is 0 Å². The molecule has 5 heteroatoms. The van der Waals surface area contributed by atoms with Crippen LogP contribution in [-0.4, -0.2) is 14.8 Å². The van der Waals surface area contributed by atoms with Crippen LogP contribution in [0, 0.1) is 6.92 Å². The third-order valence-electron chi connectivity index (χ3n) is 17.8. The number of hydrogen-bond acceptors (Lipinski definition) is 3. The van der Waals surface area contributed by atoms with Gasteiger partial charge in [0.15, 0.2) is 8.07 Å². The number of para-hydroxylation sites is 1. The Bertz CT molecular complexity index is 4110. The molecule has 0 N–H and O–H groups in total. The fraction of sp³-hybridized carbons (Fsp3) is 0.156. The van der Waals surface area contributed by atoms with Gasteiger partial charge in [0.25, 0.3) is 0 Å². The van der Waals surface area contributed by atoms with E-state index in [1.54, 1.807) is 10.4 Å². The predicted molar refractivity (Wildman–Crippen MR) is 296 cm³/mol. The number of hydrogen-bond donors (Lipinski definition) is 0. The van der Waals surface area contributed by atoms with Crippen molar-refractivity contribution in [3.05, 3.63) is 198 Å². The van der Waals surface area contributed by atoms with Gasteiger partial charge in [-0.1, -0.05) is 167 Å². The molecule has 328 valence electrons. The van der Waals surface area contributed by atoms with Gasteiger partial charge in [0.1, 0.15) is 11.2 Å². The van der Waals surface area contributed by atoms with Crippen LogP contribution in [0.5, 0.6) is 0 Å². The minimum atomic E-state index is -2.82. The van der Waals surface area contributed by atoms with Crippen molar-refractivity contribution >= 4 is 117 Å². The van der Waals surface area contributed by atoms with Gasteiger partial charge in [-0.15, -0.1) is 11.3 Å². The first-order valence-corrected chi connectivity index (χ1v) is 27.8. The van der Waals surface area contributed by atoms with Gasteiger partial charge < -0.3 is 9.32 Å². The molecule has 69 heavy (non-hydrogen) atoms. The van der Waals surface area contributed by atoms with Crippen LogP contribution in [0.15, 0.2) is 174 Å². The number of benzene rings is 9. The monoisotopic (exact) mass is 917 g/mol. The van der Waals surface area contributed by atoms with E-state index in [4.69, 9.17) is 4.42 Å². The molecule has 2 nitrogen and oxygen atoms in total. The predicted octanol–water partition coefficient (Wildman–Crippen LogP) is 13.0. The number of anilines is 3. The quantitative estimate of drug-likeness (QED) is 0.153. The Morgan fingerprint density at radius 1 is 0.551 bits per heavy atom. The van der Waals surface area contributed by atoms with Crippen LogP contribution in [0.4, 0.5) is 17.1 Å². The van der Waals surface area contributed by atoms with Gasteiger partial charge in [0.05, 0.1) is 0 Å². The van der Waals surface area contributed by atoms with E-state index in [0.717, 1.165) is 17.6 Å². The second-order valence-electron chi connectivity index (χ2n) is 22.1. The number of rotatable bonds is 1. The second kappa shape index (κ2) is 13.0. The fourth-order valence-electron chi connectivity index (χ4n) is 14.7. The highest BCUT2D eigenvalue weighted by atomic mass is 32.1. The summed E-state index contributed by atoms with van der Waals surface area (Å²) in [6.45, 7) is 12.2. The highest BCUT2D eigenvalue weighted by molar-refractivity contribution is 7.26. The number of aryl methyl sites for hydroxylation is 1. The molecule has 6 heterocycles. The van der Waals surface area contributed by atoms with Gasteiger partial charge in [-0.3, -0.25) is 0 Å². The Kier molecular flexibility index (Phi) is 7.36. The van der Waals surface area contributed by atoms with Gasteiger partial charge in [0.2, 0.25) is 6.71 Å². The summed E-state index contributed by atoms with van der Waals surface area (Å²) in [6.07, 6.45) is 2.35. The van der Waals surface area contributed by atoms with Crippen LogP contribution in [0.1, 0.15) is 74.2 Å². The minimum Gasteiger partial charge on any atom is -0.456 e. The molecular formula is C64H48BNOSSi. The highest BCUT2D eigenvalue weighted by Gasteiger charge is 2.58. The third-order valence-corrected chi connectivity index (χ3v) is 23.9. The van der Waals surface area contributed by atoms with Crippen LogP contribution < -0.4 is 36.6 Å². The molecule has 1 spiro atoms. The third kappa shape index (κ3) is 4.70. The Balaban J connectivity index is 1.11. The number of nitrogens with zero attached hydrogens (tertiary/aromatic N) is 1. The Labute approximate surface area is 408 Å². The molecule has 16 rings (SSSR count). The molecule has 1 aliphatic carbocycles. The van der Waals surface area contributed by atoms with Crippen LogP contribution in [-0.2, 0) is 10.8 Å². The lowest BCUT2D eigenvalue weighted by Gasteiger charge is -2.50. The van der Waals surface area contributed by atoms with Crippen molar-refractivity contribution in [3.8, 4) is 22.3 Å². The lowest BCUT2D eigenvalue weighted by molar-refractivity contribution is 0.332. The Hall–Kier alpha value is -6.92. The van der Waals surface area contributed by atoms with E-state index in [9.17, 15) is 0 Å². The molecule has 2 aromatic heterocycles.